The Morgan fingerprint density at radius 2 is 1.10 bits per heavy atom. The summed E-state index contributed by atoms with van der Waals surface area (Å²) >= 11 is 0. The van der Waals surface area contributed by atoms with Crippen molar-refractivity contribution in [1.82, 2.24) is 14.7 Å². The van der Waals surface area contributed by atoms with Gasteiger partial charge in [0.05, 0.1) is 6.54 Å². The number of likely N-dealkylation sites (N-methyl/N-ethyl adjacent to an activating group) is 2. The van der Waals surface area contributed by atoms with Crippen molar-refractivity contribution in [2.24, 2.45) is 26.7 Å². The van der Waals surface area contributed by atoms with Gasteiger partial charge >= 0.3 is 0 Å². The Labute approximate surface area is 383 Å². The number of fused-ring (bicyclic) bond motifs is 2. The minimum absolute atomic E-state index is 0.0437. The van der Waals surface area contributed by atoms with Crippen LogP contribution < -0.4 is 0 Å². The monoisotopic (exact) mass is 845 g/mol. The van der Waals surface area contributed by atoms with Crippen LogP contribution in [0.5, 0.6) is 0 Å². The van der Waals surface area contributed by atoms with Crippen molar-refractivity contribution < 1.29 is 0 Å². The van der Waals surface area contributed by atoms with Gasteiger partial charge in [0.15, 0.2) is 0 Å². The van der Waals surface area contributed by atoms with E-state index in [-0.39, 0.29) is 27.1 Å². The van der Waals surface area contributed by atoms with Crippen molar-refractivity contribution in [3.8, 4) is 0 Å². The van der Waals surface area contributed by atoms with Crippen molar-refractivity contribution in [3.63, 3.8) is 0 Å². The summed E-state index contributed by atoms with van der Waals surface area (Å²) in [5.74, 6) is 0. The number of hydrogen-bond acceptors (Lipinski definition) is 4. The van der Waals surface area contributed by atoms with Crippen LogP contribution in [0.3, 0.4) is 0 Å². The first kappa shape index (κ1) is 44.6. The molecule has 336 valence electrons. The van der Waals surface area contributed by atoms with Crippen LogP contribution in [0, 0.1) is 49.4 Å². The van der Waals surface area contributed by atoms with E-state index in [1.807, 2.05) is 0 Å². The predicted octanol–water partition coefficient (Wildman–Crippen LogP) is 12.4. The molecule has 10 rings (SSSR count). The van der Waals surface area contributed by atoms with Gasteiger partial charge in [-0.25, -0.2) is 0 Å². The first-order valence-corrected chi connectivity index (χ1v) is 24.8. The number of likely N-dealkylation sites (tertiary alicyclic amines) is 2. The lowest BCUT2D eigenvalue weighted by Gasteiger charge is -2.73. The van der Waals surface area contributed by atoms with E-state index in [4.69, 9.17) is 4.99 Å². The highest BCUT2D eigenvalue weighted by molar-refractivity contribution is 5.93. The molecule has 4 aromatic carbocycles. The van der Waals surface area contributed by atoms with Crippen LogP contribution in [0.25, 0.3) is 0 Å². The van der Waals surface area contributed by atoms with Crippen LogP contribution in [-0.4, -0.2) is 72.8 Å². The molecule has 7 atom stereocenters. The van der Waals surface area contributed by atoms with Crippen LogP contribution in [0.15, 0.2) is 89.9 Å². The van der Waals surface area contributed by atoms with E-state index in [1.165, 1.54) is 91.6 Å². The van der Waals surface area contributed by atoms with E-state index in [0.29, 0.717) is 23.5 Å². The summed E-state index contributed by atoms with van der Waals surface area (Å²) < 4.78 is 0. The minimum atomic E-state index is 0.0437. The summed E-state index contributed by atoms with van der Waals surface area (Å²) in [4.78, 5) is 13.4. The van der Waals surface area contributed by atoms with Crippen LogP contribution in [0.1, 0.15) is 136 Å². The molecule has 0 N–H and O–H groups in total. The third-order valence-electron chi connectivity index (χ3n) is 20.1. The molecule has 4 bridgehead atoms. The van der Waals surface area contributed by atoms with E-state index < -0.39 is 0 Å². The Kier molecular flexibility index (Phi) is 11.2. The summed E-state index contributed by atoms with van der Waals surface area (Å²) in [6, 6.07) is 33.3. The van der Waals surface area contributed by atoms with Crippen LogP contribution >= 0.6 is 0 Å². The molecule has 2 saturated carbocycles. The second-order valence-electron chi connectivity index (χ2n) is 23.2. The number of hydrogen-bond donors (Lipinski definition) is 0. The van der Waals surface area contributed by atoms with Gasteiger partial charge in [-0.1, -0.05) is 126 Å². The number of nitrogens with zero attached hydrogens (tertiary/aromatic N) is 4. The van der Waals surface area contributed by atoms with E-state index in [9.17, 15) is 0 Å². The fourth-order valence-corrected chi connectivity index (χ4v) is 16.7. The van der Waals surface area contributed by atoms with E-state index in [0.717, 1.165) is 19.5 Å². The first-order valence-electron chi connectivity index (χ1n) is 24.8. The topological polar surface area (TPSA) is 22.1 Å². The summed E-state index contributed by atoms with van der Waals surface area (Å²) in [5, 5.41) is 0. The first-order chi connectivity index (χ1) is 29.9. The standard InChI is InChI=1S/C30H42N2.C29H38N2/c1-21-13-14-24-19-26-29(5)16-15-25(32(7)20-23-11-9-8-10-12-23)28(3,4)30(29,17-18-31(26)6)27(24)22(21)2;1-20-12-13-23-18-25-28(5)15-14-24(30-19-22-10-8-7-9-11-22)27(3,4)29(28,16-17-31(25)6)26(23)21(20)2/h8-14,25-26H,15-20H2,1-7H3;7-13,25H,14-19H2,1-6H3/t25?,26-,29?,30+;25-,28?,29+/m11/s1. The lowest BCUT2D eigenvalue weighted by Crippen LogP contribution is -2.74. The van der Waals surface area contributed by atoms with Gasteiger partial charge < -0.3 is 9.80 Å². The quantitative estimate of drug-likeness (QED) is 0.200. The predicted molar refractivity (Wildman–Crippen MR) is 266 cm³/mol. The molecule has 2 aliphatic heterocycles. The third-order valence-corrected chi connectivity index (χ3v) is 20.1. The van der Waals surface area contributed by atoms with Crippen LogP contribution in [0.4, 0.5) is 0 Å². The molecule has 0 aromatic heterocycles. The maximum absolute atomic E-state index is 5.32. The smallest absolute Gasteiger partial charge is 0.0639 e. The Hall–Kier alpha value is -3.57. The molecule has 4 fully saturated rings. The van der Waals surface area contributed by atoms with Gasteiger partial charge in [-0.3, -0.25) is 9.89 Å². The van der Waals surface area contributed by atoms with Gasteiger partial charge in [-0.15, -0.1) is 0 Å². The largest absolute Gasteiger partial charge is 0.302 e. The number of piperidine rings is 2. The SMILES string of the molecule is Cc1ccc2c(c1C)[C@]13CCN(C)[C@H](C2)C1(C)CCC(=NCc1ccccc1)C3(C)C.Cc1ccc2c(c1C)[C@]13CCN(C)[C@H](C2)C1(C)CCC(N(C)Cc1ccccc1)C3(C)C. The fraction of sp³-hybridized carbons (Fsp3) is 0.576. The fourth-order valence-electron chi connectivity index (χ4n) is 16.7. The molecule has 0 amide bonds. The molecule has 0 radical (unpaired) electrons. The van der Waals surface area contributed by atoms with Gasteiger partial charge in [0, 0.05) is 46.6 Å². The molecule has 3 unspecified atom stereocenters. The number of rotatable bonds is 5. The molecule has 2 saturated heterocycles. The van der Waals surface area contributed by atoms with Crippen molar-refractivity contribution in [3.05, 3.63) is 141 Å². The highest BCUT2D eigenvalue weighted by Gasteiger charge is 2.71. The summed E-state index contributed by atoms with van der Waals surface area (Å²) in [5.41, 5.74) is 18.0. The highest BCUT2D eigenvalue weighted by atomic mass is 15.2. The van der Waals surface area contributed by atoms with Gasteiger partial charge in [0.1, 0.15) is 0 Å². The Morgan fingerprint density at radius 3 is 1.65 bits per heavy atom. The average molecular weight is 845 g/mol. The Balaban J connectivity index is 0.000000160. The number of aryl methyl sites for hydroxylation is 2. The van der Waals surface area contributed by atoms with Gasteiger partial charge in [-0.05, 0) is 185 Å². The van der Waals surface area contributed by atoms with Gasteiger partial charge in [-0.2, -0.15) is 0 Å². The third kappa shape index (κ3) is 6.33. The highest BCUT2D eigenvalue weighted by Crippen LogP contribution is 2.71. The lowest BCUT2D eigenvalue weighted by atomic mass is 9.36. The second kappa shape index (κ2) is 15.8. The van der Waals surface area contributed by atoms with Gasteiger partial charge in [0.2, 0.25) is 0 Å². The average Bonchev–Trinajstić information content (AvgIpc) is 3.24. The van der Waals surface area contributed by atoms with Crippen molar-refractivity contribution in [2.45, 2.75) is 163 Å². The van der Waals surface area contributed by atoms with E-state index >= 15 is 0 Å². The van der Waals surface area contributed by atoms with E-state index in [2.05, 4.69) is 190 Å². The van der Waals surface area contributed by atoms with E-state index in [1.54, 1.807) is 27.8 Å². The van der Waals surface area contributed by atoms with Gasteiger partial charge in [0.25, 0.3) is 0 Å². The van der Waals surface area contributed by atoms with Crippen molar-refractivity contribution in [2.75, 3.05) is 34.2 Å². The zero-order chi connectivity index (χ0) is 44.9. The molecule has 4 aliphatic carbocycles. The summed E-state index contributed by atoms with van der Waals surface area (Å²) in [7, 11) is 7.11. The van der Waals surface area contributed by atoms with Crippen molar-refractivity contribution in [1.29, 1.82) is 0 Å². The Morgan fingerprint density at radius 1 is 0.603 bits per heavy atom. The molecular weight excluding hydrogens is 765 g/mol. The molecule has 4 heteroatoms. The molecule has 0 spiro atoms. The van der Waals surface area contributed by atoms with Crippen LogP contribution in [-0.2, 0) is 36.8 Å². The summed E-state index contributed by atoms with van der Waals surface area (Å²) in [6.07, 6.45) is 9.89. The number of benzene rings is 4. The molecule has 6 aliphatic rings. The zero-order valence-corrected chi connectivity index (χ0v) is 41.6. The molecular formula is C59H80N4. The normalized spacial score (nSPS) is 33.4. The minimum Gasteiger partial charge on any atom is -0.302 e. The molecule has 4 aromatic rings. The number of aliphatic imine (C=N–C) groups is 1. The lowest BCUT2D eigenvalue weighted by molar-refractivity contribution is -0.163. The maximum Gasteiger partial charge on any atom is 0.0639 e. The molecule has 4 nitrogen and oxygen atoms in total. The molecule has 63 heavy (non-hydrogen) atoms. The molecule has 2 heterocycles. The van der Waals surface area contributed by atoms with Crippen molar-refractivity contribution >= 4 is 5.71 Å². The van der Waals surface area contributed by atoms with Crippen LogP contribution in [0.2, 0.25) is 0 Å². The Bertz CT molecular complexity index is 2380. The summed E-state index contributed by atoms with van der Waals surface area (Å²) in [6.45, 7) is 29.2. The second-order valence-corrected chi connectivity index (χ2v) is 23.2. The zero-order valence-electron chi connectivity index (χ0n) is 41.6. The maximum atomic E-state index is 5.32.